The number of nitrogens with zero attached hydrogens (tertiary/aromatic N) is 1. The number of hydrogen-bond acceptors (Lipinski definition) is 6. The average Bonchev–Trinajstić information content (AvgIpc) is 2.87. The molecule has 0 unspecified atom stereocenters. The highest BCUT2D eigenvalue weighted by atomic mass is 16.5. The van der Waals surface area contributed by atoms with E-state index in [1.54, 1.807) is 42.6 Å². The average molecular weight is 489 g/mol. The normalized spacial score (nSPS) is 14.2. The molecule has 1 heterocycles. The second-order valence-electron chi connectivity index (χ2n) is 8.93. The quantitative estimate of drug-likeness (QED) is 0.373. The lowest BCUT2D eigenvalue weighted by Crippen LogP contribution is -2.17. The minimum Gasteiger partial charge on any atom is -0.490 e. The standard InChI is InChI=1S/C29H32N2O5/c1-34-29(33)25-11-7-8-12-26(25)31-27(32)19-21-13-18-28(30-20-21)36-24-16-14-23(15-17-24)35-22-9-5-3-2-4-6-10-22/h7-8,11-18,20,22H,2-6,9-10,19H2,1H3,(H,31,32). The summed E-state index contributed by atoms with van der Waals surface area (Å²) >= 11 is 0. The Hall–Kier alpha value is -3.87. The molecule has 4 rings (SSSR count). The number of esters is 1. The lowest BCUT2D eigenvalue weighted by atomic mass is 9.98. The Bertz CT molecular complexity index is 1140. The summed E-state index contributed by atoms with van der Waals surface area (Å²) in [7, 11) is 1.30. The monoisotopic (exact) mass is 488 g/mol. The van der Waals surface area contributed by atoms with Crippen molar-refractivity contribution in [2.75, 3.05) is 12.4 Å². The van der Waals surface area contributed by atoms with Crippen LogP contribution in [-0.2, 0) is 16.0 Å². The van der Waals surface area contributed by atoms with Crippen molar-refractivity contribution in [3.05, 3.63) is 78.0 Å². The number of methoxy groups -OCH3 is 1. The zero-order chi connectivity index (χ0) is 25.2. The Kier molecular flexibility index (Phi) is 8.92. The van der Waals surface area contributed by atoms with E-state index in [4.69, 9.17) is 14.2 Å². The molecular weight excluding hydrogens is 456 g/mol. The fraction of sp³-hybridized carbons (Fsp3) is 0.345. The molecule has 7 heteroatoms. The highest BCUT2D eigenvalue weighted by Gasteiger charge is 2.15. The van der Waals surface area contributed by atoms with Crippen LogP contribution in [0.3, 0.4) is 0 Å². The van der Waals surface area contributed by atoms with Crippen LogP contribution in [0.5, 0.6) is 17.4 Å². The predicted molar refractivity (Wildman–Crippen MR) is 138 cm³/mol. The summed E-state index contributed by atoms with van der Waals surface area (Å²) in [6.45, 7) is 0. The third-order valence-electron chi connectivity index (χ3n) is 6.17. The third-order valence-corrected chi connectivity index (χ3v) is 6.17. The second kappa shape index (κ2) is 12.7. The Morgan fingerprint density at radius 3 is 2.28 bits per heavy atom. The number of carbonyl (C=O) groups excluding carboxylic acids is 2. The van der Waals surface area contributed by atoms with Crippen LogP contribution < -0.4 is 14.8 Å². The second-order valence-corrected chi connectivity index (χ2v) is 8.93. The molecule has 3 aromatic rings. The van der Waals surface area contributed by atoms with Gasteiger partial charge in [-0.1, -0.05) is 37.5 Å². The van der Waals surface area contributed by atoms with Crippen molar-refractivity contribution in [3.8, 4) is 17.4 Å². The molecule has 0 aliphatic heterocycles. The molecule has 2 aromatic carbocycles. The Morgan fingerprint density at radius 1 is 0.889 bits per heavy atom. The minimum atomic E-state index is -0.506. The number of hydrogen-bond donors (Lipinski definition) is 1. The van der Waals surface area contributed by atoms with Crippen molar-refractivity contribution in [3.63, 3.8) is 0 Å². The smallest absolute Gasteiger partial charge is 0.339 e. The van der Waals surface area contributed by atoms with Crippen LogP contribution in [0.1, 0.15) is 60.9 Å². The number of para-hydroxylation sites is 1. The van der Waals surface area contributed by atoms with Gasteiger partial charge in [-0.05, 0) is 67.6 Å². The van der Waals surface area contributed by atoms with Gasteiger partial charge in [0.1, 0.15) is 11.5 Å². The summed E-state index contributed by atoms with van der Waals surface area (Å²) in [6.07, 6.45) is 10.6. The number of anilines is 1. The molecule has 1 saturated carbocycles. The minimum absolute atomic E-state index is 0.107. The first-order chi connectivity index (χ1) is 17.6. The maximum atomic E-state index is 12.5. The van der Waals surface area contributed by atoms with E-state index in [0.29, 0.717) is 22.9 Å². The fourth-order valence-electron chi connectivity index (χ4n) is 4.27. The van der Waals surface area contributed by atoms with Gasteiger partial charge in [-0.25, -0.2) is 9.78 Å². The van der Waals surface area contributed by atoms with Crippen LogP contribution in [-0.4, -0.2) is 30.1 Å². The Labute approximate surface area is 211 Å². The third kappa shape index (κ3) is 7.31. The molecule has 1 aliphatic carbocycles. The highest BCUT2D eigenvalue weighted by Crippen LogP contribution is 2.26. The number of benzene rings is 2. The topological polar surface area (TPSA) is 86.8 Å². The molecule has 36 heavy (non-hydrogen) atoms. The summed E-state index contributed by atoms with van der Waals surface area (Å²) in [5.74, 6) is 1.19. The van der Waals surface area contributed by atoms with Gasteiger partial charge >= 0.3 is 5.97 Å². The Balaban J connectivity index is 1.29. The van der Waals surface area contributed by atoms with Gasteiger partial charge in [0.15, 0.2) is 0 Å². The zero-order valence-electron chi connectivity index (χ0n) is 20.6. The van der Waals surface area contributed by atoms with Crippen molar-refractivity contribution in [1.29, 1.82) is 0 Å². The van der Waals surface area contributed by atoms with Gasteiger partial charge in [0.25, 0.3) is 0 Å². The number of carbonyl (C=O) groups is 2. The molecule has 1 aromatic heterocycles. The van der Waals surface area contributed by atoms with Crippen molar-refractivity contribution in [1.82, 2.24) is 4.98 Å². The van der Waals surface area contributed by atoms with E-state index in [-0.39, 0.29) is 18.4 Å². The molecule has 1 aliphatic rings. The first-order valence-electron chi connectivity index (χ1n) is 12.5. The summed E-state index contributed by atoms with van der Waals surface area (Å²) in [5.41, 5.74) is 1.43. The van der Waals surface area contributed by atoms with Crippen LogP contribution >= 0.6 is 0 Å². The van der Waals surface area contributed by atoms with Gasteiger partial charge in [-0.3, -0.25) is 4.79 Å². The largest absolute Gasteiger partial charge is 0.490 e. The van der Waals surface area contributed by atoms with Crippen molar-refractivity contribution < 1.29 is 23.8 Å². The Morgan fingerprint density at radius 2 is 1.58 bits per heavy atom. The van der Waals surface area contributed by atoms with E-state index in [0.717, 1.165) is 24.2 Å². The molecule has 7 nitrogen and oxygen atoms in total. The first kappa shape index (κ1) is 25.2. The van der Waals surface area contributed by atoms with Crippen LogP contribution in [0.2, 0.25) is 0 Å². The highest BCUT2D eigenvalue weighted by molar-refractivity contribution is 6.01. The van der Waals surface area contributed by atoms with Gasteiger partial charge in [0.2, 0.25) is 11.8 Å². The van der Waals surface area contributed by atoms with E-state index in [9.17, 15) is 9.59 Å². The number of aromatic nitrogens is 1. The summed E-state index contributed by atoms with van der Waals surface area (Å²) in [5, 5.41) is 2.76. The maximum Gasteiger partial charge on any atom is 0.339 e. The molecular formula is C29H32N2O5. The van der Waals surface area contributed by atoms with Gasteiger partial charge in [0, 0.05) is 12.3 Å². The van der Waals surface area contributed by atoms with Gasteiger partial charge in [-0.15, -0.1) is 0 Å². The fourth-order valence-corrected chi connectivity index (χ4v) is 4.27. The van der Waals surface area contributed by atoms with Gasteiger partial charge < -0.3 is 19.5 Å². The number of pyridine rings is 1. The SMILES string of the molecule is COC(=O)c1ccccc1NC(=O)Cc1ccc(Oc2ccc(OC3CCCCCCC3)cc2)nc1. The number of rotatable bonds is 8. The van der Waals surface area contributed by atoms with Crippen LogP contribution in [0, 0.1) is 0 Å². The molecule has 0 bridgehead atoms. The van der Waals surface area contributed by atoms with E-state index in [2.05, 4.69) is 10.3 Å². The summed E-state index contributed by atoms with van der Waals surface area (Å²) in [4.78, 5) is 28.7. The lowest BCUT2D eigenvalue weighted by molar-refractivity contribution is -0.115. The van der Waals surface area contributed by atoms with Crippen LogP contribution in [0.15, 0.2) is 66.9 Å². The first-order valence-corrected chi connectivity index (χ1v) is 12.5. The summed E-state index contributed by atoms with van der Waals surface area (Å²) in [6, 6.07) is 17.8. The molecule has 1 fully saturated rings. The molecule has 0 saturated heterocycles. The molecule has 1 N–H and O–H groups in total. The van der Waals surface area contributed by atoms with Crippen LogP contribution in [0.4, 0.5) is 5.69 Å². The molecule has 0 atom stereocenters. The molecule has 188 valence electrons. The van der Waals surface area contributed by atoms with Crippen molar-refractivity contribution in [2.24, 2.45) is 0 Å². The van der Waals surface area contributed by atoms with E-state index in [1.807, 2.05) is 24.3 Å². The van der Waals surface area contributed by atoms with Crippen molar-refractivity contribution >= 4 is 17.6 Å². The zero-order valence-corrected chi connectivity index (χ0v) is 20.6. The maximum absolute atomic E-state index is 12.5. The predicted octanol–water partition coefficient (Wildman–Crippen LogP) is 6.33. The van der Waals surface area contributed by atoms with E-state index >= 15 is 0 Å². The molecule has 1 amide bonds. The number of ether oxygens (including phenoxy) is 3. The van der Waals surface area contributed by atoms with Gasteiger partial charge in [0.05, 0.1) is 30.9 Å². The lowest BCUT2D eigenvalue weighted by Gasteiger charge is -2.21. The van der Waals surface area contributed by atoms with E-state index < -0.39 is 5.97 Å². The van der Waals surface area contributed by atoms with Crippen LogP contribution in [0.25, 0.3) is 0 Å². The number of amides is 1. The van der Waals surface area contributed by atoms with E-state index in [1.165, 1.54) is 39.2 Å². The number of nitrogens with one attached hydrogen (secondary N) is 1. The van der Waals surface area contributed by atoms with Crippen molar-refractivity contribution in [2.45, 2.75) is 57.5 Å². The molecule has 0 spiro atoms. The van der Waals surface area contributed by atoms with Gasteiger partial charge in [-0.2, -0.15) is 0 Å². The summed E-state index contributed by atoms with van der Waals surface area (Å²) < 4.78 is 16.8. The molecule has 0 radical (unpaired) electrons.